The van der Waals surface area contributed by atoms with E-state index in [-0.39, 0.29) is 23.6 Å². The van der Waals surface area contributed by atoms with E-state index in [2.05, 4.69) is 14.9 Å². The van der Waals surface area contributed by atoms with Crippen LogP contribution in [-0.4, -0.2) is 31.2 Å². The number of benzene rings is 1. The first kappa shape index (κ1) is 16.0. The Morgan fingerprint density at radius 2 is 2.18 bits per heavy atom. The first-order chi connectivity index (χ1) is 10.3. The number of anilines is 1. The van der Waals surface area contributed by atoms with E-state index in [1.807, 2.05) is 0 Å². The van der Waals surface area contributed by atoms with Crippen LogP contribution in [0.5, 0.6) is 0 Å². The van der Waals surface area contributed by atoms with E-state index in [0.717, 1.165) is 6.07 Å². The number of H-pyrrole nitrogens is 1. The highest BCUT2D eigenvalue weighted by Crippen LogP contribution is 2.21. The number of aromatic nitrogens is 2. The molecule has 2 aromatic rings. The number of halogens is 1. The molecule has 9 heteroatoms. The quantitative estimate of drug-likeness (QED) is 0.816. The van der Waals surface area contributed by atoms with Crippen LogP contribution < -0.4 is 4.72 Å². The van der Waals surface area contributed by atoms with E-state index < -0.39 is 26.8 Å². The number of hydrogen-bond acceptors (Lipinski definition) is 5. The van der Waals surface area contributed by atoms with E-state index in [4.69, 9.17) is 4.74 Å². The lowest BCUT2D eigenvalue weighted by Gasteiger charge is -2.08. The van der Waals surface area contributed by atoms with Crippen LogP contribution in [0.3, 0.4) is 0 Å². The molecule has 0 atom stereocenters. The average molecular weight is 327 g/mol. The van der Waals surface area contributed by atoms with Gasteiger partial charge in [0, 0.05) is 5.69 Å². The SMILES string of the molecule is CCOC(=O)c1c(S(=O)(=O)Nc2cccc(F)c2)n[nH]c1C. The number of nitrogens with one attached hydrogen (secondary N) is 2. The van der Waals surface area contributed by atoms with E-state index in [0.29, 0.717) is 0 Å². The van der Waals surface area contributed by atoms with Gasteiger partial charge in [-0.1, -0.05) is 6.07 Å². The predicted octanol–water partition coefficient (Wildman–Crippen LogP) is 1.83. The molecule has 0 aliphatic heterocycles. The van der Waals surface area contributed by atoms with Crippen LogP contribution in [0.25, 0.3) is 0 Å². The molecular weight excluding hydrogens is 313 g/mol. The summed E-state index contributed by atoms with van der Waals surface area (Å²) in [7, 11) is -4.16. The summed E-state index contributed by atoms with van der Waals surface area (Å²) in [4.78, 5) is 11.9. The minimum atomic E-state index is -4.16. The Morgan fingerprint density at radius 1 is 1.45 bits per heavy atom. The number of ether oxygens (including phenoxy) is 1. The average Bonchev–Trinajstić information content (AvgIpc) is 2.81. The minimum absolute atomic E-state index is 0.0236. The van der Waals surface area contributed by atoms with Crippen molar-refractivity contribution in [2.45, 2.75) is 18.9 Å². The molecule has 0 unspecified atom stereocenters. The van der Waals surface area contributed by atoms with E-state index in [1.165, 1.54) is 25.1 Å². The van der Waals surface area contributed by atoms with Crippen molar-refractivity contribution in [3.8, 4) is 0 Å². The van der Waals surface area contributed by atoms with Gasteiger partial charge in [-0.3, -0.25) is 9.82 Å². The summed E-state index contributed by atoms with van der Waals surface area (Å²) < 4.78 is 44.8. The fourth-order valence-corrected chi connectivity index (χ4v) is 3.01. The number of aromatic amines is 1. The first-order valence-corrected chi connectivity index (χ1v) is 7.84. The van der Waals surface area contributed by atoms with Gasteiger partial charge in [0.15, 0.2) is 0 Å². The fourth-order valence-electron chi connectivity index (χ4n) is 1.80. The van der Waals surface area contributed by atoms with Crippen LogP contribution in [0.4, 0.5) is 10.1 Å². The normalized spacial score (nSPS) is 11.2. The Kier molecular flexibility index (Phi) is 4.45. The molecule has 0 bridgehead atoms. The second kappa shape index (κ2) is 6.14. The van der Waals surface area contributed by atoms with Crippen molar-refractivity contribution in [2.75, 3.05) is 11.3 Å². The number of carbonyl (C=O) groups is 1. The van der Waals surface area contributed by atoms with Gasteiger partial charge in [-0.2, -0.15) is 13.5 Å². The van der Waals surface area contributed by atoms with E-state index in [9.17, 15) is 17.6 Å². The van der Waals surface area contributed by atoms with Crippen molar-refractivity contribution in [1.82, 2.24) is 10.2 Å². The van der Waals surface area contributed by atoms with Crippen molar-refractivity contribution in [3.63, 3.8) is 0 Å². The van der Waals surface area contributed by atoms with Crippen molar-refractivity contribution in [1.29, 1.82) is 0 Å². The van der Waals surface area contributed by atoms with Crippen molar-refractivity contribution >= 4 is 21.7 Å². The summed E-state index contributed by atoms with van der Waals surface area (Å²) in [6.07, 6.45) is 0. The summed E-state index contributed by atoms with van der Waals surface area (Å²) in [5.74, 6) is -1.39. The summed E-state index contributed by atoms with van der Waals surface area (Å²) >= 11 is 0. The Hall–Kier alpha value is -2.42. The molecule has 0 fully saturated rings. The number of aryl methyl sites for hydroxylation is 1. The Balaban J connectivity index is 2.40. The van der Waals surface area contributed by atoms with Crippen LogP contribution in [0, 0.1) is 12.7 Å². The third kappa shape index (κ3) is 3.25. The summed E-state index contributed by atoms with van der Waals surface area (Å²) in [5, 5.41) is 5.58. The minimum Gasteiger partial charge on any atom is -0.462 e. The molecule has 2 N–H and O–H groups in total. The molecular formula is C13H14FN3O4S. The number of nitrogens with zero attached hydrogens (tertiary/aromatic N) is 1. The van der Waals surface area contributed by atoms with E-state index >= 15 is 0 Å². The third-order valence-electron chi connectivity index (χ3n) is 2.72. The smallest absolute Gasteiger partial charge is 0.343 e. The molecule has 0 aliphatic rings. The second-order valence-electron chi connectivity index (χ2n) is 4.37. The van der Waals surface area contributed by atoms with Crippen LogP contribution in [0.2, 0.25) is 0 Å². The maximum Gasteiger partial charge on any atom is 0.343 e. The maximum absolute atomic E-state index is 13.1. The zero-order valence-corrected chi connectivity index (χ0v) is 12.7. The van der Waals surface area contributed by atoms with Crippen LogP contribution in [0.15, 0.2) is 29.3 Å². The largest absolute Gasteiger partial charge is 0.462 e. The predicted molar refractivity (Wildman–Crippen MR) is 76.5 cm³/mol. The highest BCUT2D eigenvalue weighted by atomic mass is 32.2. The fraction of sp³-hybridized carbons (Fsp3) is 0.231. The standard InChI is InChI=1S/C13H14FN3O4S/c1-3-21-13(18)11-8(2)15-16-12(11)22(19,20)17-10-6-4-5-9(14)7-10/h4-7,17H,3H2,1-2H3,(H,15,16). The van der Waals surface area contributed by atoms with Gasteiger partial charge in [0.05, 0.1) is 12.3 Å². The molecule has 22 heavy (non-hydrogen) atoms. The molecule has 0 amide bonds. The number of esters is 1. The van der Waals surface area contributed by atoms with Crippen LogP contribution >= 0.6 is 0 Å². The third-order valence-corrected chi connectivity index (χ3v) is 4.03. The Bertz CT molecular complexity index is 801. The number of hydrogen-bond donors (Lipinski definition) is 2. The highest BCUT2D eigenvalue weighted by Gasteiger charge is 2.29. The van der Waals surface area contributed by atoms with Gasteiger partial charge in [0.1, 0.15) is 11.4 Å². The van der Waals surface area contributed by atoms with Crippen molar-refractivity contribution in [3.05, 3.63) is 41.3 Å². The molecule has 0 saturated heterocycles. The summed E-state index contributed by atoms with van der Waals surface area (Å²) in [6.45, 7) is 3.20. The van der Waals surface area contributed by atoms with Crippen LogP contribution in [-0.2, 0) is 14.8 Å². The van der Waals surface area contributed by atoms with Gasteiger partial charge < -0.3 is 4.74 Å². The highest BCUT2D eigenvalue weighted by molar-refractivity contribution is 7.92. The molecule has 7 nitrogen and oxygen atoms in total. The number of sulfonamides is 1. The second-order valence-corrected chi connectivity index (χ2v) is 5.96. The molecule has 0 saturated carbocycles. The maximum atomic E-state index is 13.1. The lowest BCUT2D eigenvalue weighted by molar-refractivity contribution is 0.0521. The molecule has 0 radical (unpaired) electrons. The van der Waals surface area contributed by atoms with Gasteiger partial charge in [0.25, 0.3) is 10.0 Å². The van der Waals surface area contributed by atoms with Crippen LogP contribution in [0.1, 0.15) is 23.0 Å². The van der Waals surface area contributed by atoms with E-state index in [1.54, 1.807) is 6.92 Å². The van der Waals surface area contributed by atoms with Crippen molar-refractivity contribution < 1.29 is 22.3 Å². The summed E-state index contributed by atoms with van der Waals surface area (Å²) in [6, 6.07) is 4.93. The van der Waals surface area contributed by atoms with Crippen molar-refractivity contribution in [2.24, 2.45) is 0 Å². The van der Waals surface area contributed by atoms with Gasteiger partial charge in [-0.05, 0) is 32.0 Å². The molecule has 0 aliphatic carbocycles. The molecule has 1 aromatic carbocycles. The topological polar surface area (TPSA) is 101 Å². The van der Waals surface area contributed by atoms with Gasteiger partial charge in [0.2, 0.25) is 5.03 Å². The lowest BCUT2D eigenvalue weighted by Crippen LogP contribution is -2.18. The molecule has 0 spiro atoms. The van der Waals surface area contributed by atoms with Gasteiger partial charge in [-0.25, -0.2) is 9.18 Å². The zero-order valence-electron chi connectivity index (χ0n) is 11.9. The lowest BCUT2D eigenvalue weighted by atomic mass is 10.3. The monoisotopic (exact) mass is 327 g/mol. The van der Waals surface area contributed by atoms with Gasteiger partial charge >= 0.3 is 5.97 Å². The number of carbonyl (C=O) groups excluding carboxylic acids is 1. The molecule has 118 valence electrons. The first-order valence-electron chi connectivity index (χ1n) is 6.35. The zero-order chi connectivity index (χ0) is 16.3. The molecule has 1 aromatic heterocycles. The van der Waals surface area contributed by atoms with Gasteiger partial charge in [-0.15, -0.1) is 0 Å². The summed E-state index contributed by atoms with van der Waals surface area (Å²) in [5.41, 5.74) is 0.110. The molecule has 1 heterocycles. The molecule has 2 rings (SSSR count). The Labute approximate surface area is 126 Å². The number of rotatable bonds is 5. The Morgan fingerprint density at radius 3 is 2.82 bits per heavy atom.